The van der Waals surface area contributed by atoms with Gasteiger partial charge in [-0.05, 0) is 34.7 Å². The average molecular weight is 509 g/mol. The predicted octanol–water partition coefficient (Wildman–Crippen LogP) is 4.38. The predicted molar refractivity (Wildman–Crippen MR) is 110 cm³/mol. The van der Waals surface area contributed by atoms with Gasteiger partial charge in [0.1, 0.15) is 11.6 Å². The van der Waals surface area contributed by atoms with Crippen molar-refractivity contribution in [3.05, 3.63) is 79.1 Å². The molecule has 6 nitrogen and oxygen atoms in total. The van der Waals surface area contributed by atoms with Crippen LogP contribution in [0.4, 0.5) is 19.1 Å². The van der Waals surface area contributed by atoms with Gasteiger partial charge in [0.15, 0.2) is 0 Å². The fourth-order valence-electron chi connectivity index (χ4n) is 2.48. The molecule has 0 aliphatic carbocycles. The van der Waals surface area contributed by atoms with Crippen molar-refractivity contribution in [1.82, 2.24) is 9.97 Å². The van der Waals surface area contributed by atoms with Crippen molar-refractivity contribution in [2.45, 2.75) is 6.18 Å². The highest BCUT2D eigenvalue weighted by Crippen LogP contribution is 2.32. The van der Waals surface area contributed by atoms with E-state index in [1.807, 2.05) is 0 Å². The molecule has 0 saturated heterocycles. The molecule has 146 valence electrons. The molecule has 2 N–H and O–H groups in total. The molecule has 0 fully saturated rings. The summed E-state index contributed by atoms with van der Waals surface area (Å²) in [6, 6.07) is 14.2. The number of alkyl halides is 3. The minimum Gasteiger partial charge on any atom is -0.290 e. The zero-order valence-electron chi connectivity index (χ0n) is 14.5. The molecule has 10 heteroatoms. The van der Waals surface area contributed by atoms with Gasteiger partial charge in [-0.1, -0.05) is 36.4 Å². The topological polar surface area (TPSA) is 93.9 Å². The number of nitriles is 1. The number of H-pyrrole nitrogens is 1. The van der Waals surface area contributed by atoms with E-state index in [1.165, 1.54) is 12.1 Å². The van der Waals surface area contributed by atoms with Crippen LogP contribution in [0.5, 0.6) is 0 Å². The number of nitrogens with one attached hydrogen (secondary N) is 2. The molecule has 0 saturated carbocycles. The maximum Gasteiger partial charge on any atom is 0.417 e. The van der Waals surface area contributed by atoms with Gasteiger partial charge in [0.05, 0.1) is 17.5 Å². The lowest BCUT2D eigenvalue weighted by molar-refractivity contribution is -0.137. The summed E-state index contributed by atoms with van der Waals surface area (Å²) in [6.45, 7) is 0. The van der Waals surface area contributed by atoms with Gasteiger partial charge in [-0.25, -0.2) is 10.4 Å². The van der Waals surface area contributed by atoms with Crippen LogP contribution in [0.2, 0.25) is 0 Å². The van der Waals surface area contributed by atoms with Gasteiger partial charge < -0.3 is 0 Å². The number of nitrogens with zero attached hydrogens (tertiary/aromatic N) is 3. The molecule has 0 aliphatic rings. The third kappa shape index (κ3) is 4.80. The number of halogens is 4. The fourth-order valence-corrected chi connectivity index (χ4v) is 2.98. The minimum atomic E-state index is -4.54. The van der Waals surface area contributed by atoms with Gasteiger partial charge in [-0.15, -0.1) is 0 Å². The molecular weight excluding hydrogens is 498 g/mol. The summed E-state index contributed by atoms with van der Waals surface area (Å²) in [5, 5.41) is 13.0. The number of hydrogen-bond donors (Lipinski definition) is 2. The molecular formula is C19H11F3IN5O. The number of aromatic amines is 1. The molecule has 0 atom stereocenters. The first-order valence-electron chi connectivity index (χ1n) is 8.05. The zero-order chi connectivity index (χ0) is 21.0. The van der Waals surface area contributed by atoms with E-state index >= 15 is 0 Å². The Kier molecular flexibility index (Phi) is 5.97. The van der Waals surface area contributed by atoms with E-state index in [0.717, 1.165) is 12.3 Å². The maximum absolute atomic E-state index is 13.2. The Hall–Kier alpha value is -3.20. The Bertz CT molecular complexity index is 1170. The van der Waals surface area contributed by atoms with Crippen LogP contribution < -0.4 is 11.0 Å². The highest BCUT2D eigenvalue weighted by Gasteiger charge is 2.33. The summed E-state index contributed by atoms with van der Waals surface area (Å²) in [7, 11) is 0. The second-order valence-corrected chi connectivity index (χ2v) is 6.96. The summed E-state index contributed by atoms with van der Waals surface area (Å²) in [4.78, 5) is 18.7. The van der Waals surface area contributed by atoms with Crippen molar-refractivity contribution >= 4 is 34.8 Å². The number of rotatable bonds is 4. The van der Waals surface area contributed by atoms with Crippen LogP contribution in [0.25, 0.3) is 11.3 Å². The molecule has 0 unspecified atom stereocenters. The SMILES string of the molecule is N#Cc1c(-c2ccccc2)nc(NN=Cc2ccc(I)cc2C(F)(F)F)[nH]c1=O. The van der Waals surface area contributed by atoms with Crippen LogP contribution in [0.1, 0.15) is 16.7 Å². The summed E-state index contributed by atoms with van der Waals surface area (Å²) < 4.78 is 40.0. The number of hydrogen-bond acceptors (Lipinski definition) is 5. The Balaban J connectivity index is 1.94. The van der Waals surface area contributed by atoms with Gasteiger partial charge in [0.25, 0.3) is 5.56 Å². The molecule has 3 rings (SSSR count). The standard InChI is InChI=1S/C19H11F3IN5O/c20-19(21,22)15-8-13(23)7-6-12(15)10-25-28-18-26-16(11-4-2-1-3-5-11)14(9-24)17(29)27-18/h1-8,10H,(H2,26,27,28,29). The quantitative estimate of drug-likeness (QED) is 0.310. The normalized spacial score (nSPS) is 11.4. The second-order valence-electron chi connectivity index (χ2n) is 5.72. The third-order valence-electron chi connectivity index (χ3n) is 3.77. The smallest absolute Gasteiger partial charge is 0.290 e. The fraction of sp³-hybridized carbons (Fsp3) is 0.0526. The number of hydrazone groups is 1. The monoisotopic (exact) mass is 509 g/mol. The lowest BCUT2D eigenvalue weighted by Gasteiger charge is -2.10. The number of anilines is 1. The first-order valence-corrected chi connectivity index (χ1v) is 9.13. The Labute approximate surface area is 176 Å². The van der Waals surface area contributed by atoms with Crippen LogP contribution >= 0.6 is 22.6 Å². The van der Waals surface area contributed by atoms with Crippen LogP contribution in [-0.4, -0.2) is 16.2 Å². The number of aromatic nitrogens is 2. The van der Waals surface area contributed by atoms with Crippen molar-refractivity contribution < 1.29 is 13.2 Å². The van der Waals surface area contributed by atoms with E-state index in [-0.39, 0.29) is 22.8 Å². The summed E-state index contributed by atoms with van der Waals surface area (Å²) >= 11 is 1.79. The van der Waals surface area contributed by atoms with Gasteiger partial charge in [0.2, 0.25) is 5.95 Å². The highest BCUT2D eigenvalue weighted by atomic mass is 127. The molecule has 0 radical (unpaired) electrons. The molecule has 29 heavy (non-hydrogen) atoms. The Morgan fingerprint density at radius 3 is 2.59 bits per heavy atom. The van der Waals surface area contributed by atoms with E-state index in [4.69, 9.17) is 0 Å². The van der Waals surface area contributed by atoms with Gasteiger partial charge >= 0.3 is 6.18 Å². The zero-order valence-corrected chi connectivity index (χ0v) is 16.6. The summed E-state index contributed by atoms with van der Waals surface area (Å²) in [5.41, 5.74) is 1.24. The number of benzene rings is 2. The molecule has 2 aromatic carbocycles. The second kappa shape index (κ2) is 8.44. The van der Waals surface area contributed by atoms with Crippen LogP contribution in [0.15, 0.2) is 58.4 Å². The lowest BCUT2D eigenvalue weighted by atomic mass is 10.1. The van der Waals surface area contributed by atoms with E-state index in [1.54, 1.807) is 59.0 Å². The van der Waals surface area contributed by atoms with Crippen molar-refractivity contribution in [2.24, 2.45) is 5.10 Å². The molecule has 3 aromatic rings. The molecule has 0 bridgehead atoms. The summed E-state index contributed by atoms with van der Waals surface area (Å²) in [5.74, 6) is -0.108. The van der Waals surface area contributed by atoms with E-state index < -0.39 is 17.3 Å². The van der Waals surface area contributed by atoms with Crippen LogP contribution in [-0.2, 0) is 6.18 Å². The maximum atomic E-state index is 13.2. The molecule has 0 amide bonds. The van der Waals surface area contributed by atoms with Crippen LogP contribution in [0.3, 0.4) is 0 Å². The molecule has 1 aromatic heterocycles. The van der Waals surface area contributed by atoms with E-state index in [0.29, 0.717) is 9.13 Å². The van der Waals surface area contributed by atoms with Gasteiger partial charge in [-0.3, -0.25) is 9.78 Å². The average Bonchev–Trinajstić information content (AvgIpc) is 2.68. The van der Waals surface area contributed by atoms with Crippen molar-refractivity contribution in [1.29, 1.82) is 5.26 Å². The van der Waals surface area contributed by atoms with Crippen molar-refractivity contribution in [3.63, 3.8) is 0 Å². The van der Waals surface area contributed by atoms with Gasteiger partial charge in [0, 0.05) is 14.7 Å². The third-order valence-corrected chi connectivity index (χ3v) is 4.44. The van der Waals surface area contributed by atoms with E-state index in [9.17, 15) is 23.2 Å². The largest absolute Gasteiger partial charge is 0.417 e. The summed E-state index contributed by atoms with van der Waals surface area (Å²) in [6.07, 6.45) is -3.55. The Morgan fingerprint density at radius 1 is 1.21 bits per heavy atom. The first-order chi connectivity index (χ1) is 13.8. The minimum absolute atomic E-state index is 0.108. The molecule has 0 aliphatic heterocycles. The first kappa shape index (κ1) is 20.5. The molecule has 1 heterocycles. The van der Waals surface area contributed by atoms with E-state index in [2.05, 4.69) is 20.5 Å². The Morgan fingerprint density at radius 2 is 1.93 bits per heavy atom. The lowest BCUT2D eigenvalue weighted by Crippen LogP contribution is -2.16. The van der Waals surface area contributed by atoms with Gasteiger partial charge in [-0.2, -0.15) is 23.5 Å². The molecule has 0 spiro atoms. The van der Waals surface area contributed by atoms with Crippen molar-refractivity contribution in [3.8, 4) is 17.3 Å². The van der Waals surface area contributed by atoms with Crippen LogP contribution in [0, 0.1) is 14.9 Å². The van der Waals surface area contributed by atoms with Crippen molar-refractivity contribution in [2.75, 3.05) is 5.43 Å². The highest BCUT2D eigenvalue weighted by molar-refractivity contribution is 14.1.